The van der Waals surface area contributed by atoms with Crippen LogP contribution in [0, 0.1) is 0 Å². The van der Waals surface area contributed by atoms with E-state index in [1.807, 2.05) is 23.2 Å². The Bertz CT molecular complexity index is 406. The van der Waals surface area contributed by atoms with Gasteiger partial charge in [0.15, 0.2) is 0 Å². The number of pyridine rings is 1. The molecule has 0 N–H and O–H groups in total. The largest absolute Gasteiger partial charge is 0.335 e. The number of likely N-dealkylation sites (N-methyl/N-ethyl adjacent to an activating group) is 1. The van der Waals surface area contributed by atoms with Crippen LogP contribution in [-0.4, -0.2) is 53.9 Å². The second-order valence-corrected chi connectivity index (χ2v) is 5.23. The number of aromatic nitrogens is 1. The van der Waals surface area contributed by atoms with Crippen molar-refractivity contribution in [1.82, 2.24) is 14.8 Å². The monoisotopic (exact) mass is 247 g/mol. The molecule has 0 atom stereocenters. The first kappa shape index (κ1) is 13.0. The van der Waals surface area contributed by atoms with Gasteiger partial charge in [0.25, 0.3) is 5.91 Å². The van der Waals surface area contributed by atoms with Gasteiger partial charge in [0, 0.05) is 32.4 Å². The summed E-state index contributed by atoms with van der Waals surface area (Å²) in [6.07, 6.45) is 1.81. The zero-order valence-electron chi connectivity index (χ0n) is 11.4. The van der Waals surface area contributed by atoms with Gasteiger partial charge in [-0.15, -0.1) is 0 Å². The third kappa shape index (κ3) is 2.88. The topological polar surface area (TPSA) is 36.4 Å². The van der Waals surface area contributed by atoms with Crippen LogP contribution in [0.15, 0.2) is 18.3 Å². The van der Waals surface area contributed by atoms with Gasteiger partial charge in [0.1, 0.15) is 5.69 Å². The highest BCUT2D eigenvalue weighted by atomic mass is 16.2. The van der Waals surface area contributed by atoms with Crippen molar-refractivity contribution in [2.45, 2.75) is 19.8 Å². The zero-order valence-corrected chi connectivity index (χ0v) is 11.4. The Hall–Kier alpha value is -1.42. The minimum Gasteiger partial charge on any atom is -0.335 e. The van der Waals surface area contributed by atoms with Crippen molar-refractivity contribution >= 4 is 5.91 Å². The van der Waals surface area contributed by atoms with Gasteiger partial charge in [-0.1, -0.05) is 19.9 Å². The normalized spacial score (nSPS) is 17.2. The fraction of sp³-hybridized carbons (Fsp3) is 0.571. The highest BCUT2D eigenvalue weighted by molar-refractivity contribution is 5.92. The van der Waals surface area contributed by atoms with E-state index < -0.39 is 0 Å². The summed E-state index contributed by atoms with van der Waals surface area (Å²) < 4.78 is 0. The molecule has 4 heteroatoms. The Morgan fingerprint density at radius 1 is 1.22 bits per heavy atom. The van der Waals surface area contributed by atoms with E-state index in [9.17, 15) is 4.79 Å². The second-order valence-electron chi connectivity index (χ2n) is 5.23. The minimum atomic E-state index is 0.0541. The lowest BCUT2D eigenvalue weighted by atomic mass is 10.1. The first-order valence-corrected chi connectivity index (χ1v) is 6.51. The van der Waals surface area contributed by atoms with Crippen LogP contribution in [0.1, 0.15) is 35.8 Å². The Kier molecular flexibility index (Phi) is 3.97. The summed E-state index contributed by atoms with van der Waals surface area (Å²) in [5.41, 5.74) is 1.73. The van der Waals surface area contributed by atoms with Crippen LogP contribution in [0.4, 0.5) is 0 Å². The molecule has 1 aromatic rings. The van der Waals surface area contributed by atoms with Gasteiger partial charge >= 0.3 is 0 Å². The number of carbonyl (C=O) groups is 1. The lowest BCUT2D eigenvalue weighted by Gasteiger charge is -2.32. The van der Waals surface area contributed by atoms with Crippen LogP contribution in [0.3, 0.4) is 0 Å². The summed E-state index contributed by atoms with van der Waals surface area (Å²) in [6, 6.07) is 3.84. The van der Waals surface area contributed by atoms with Crippen molar-refractivity contribution in [1.29, 1.82) is 0 Å². The molecule has 0 spiro atoms. The first-order valence-electron chi connectivity index (χ1n) is 6.51. The number of amides is 1. The van der Waals surface area contributed by atoms with Crippen LogP contribution >= 0.6 is 0 Å². The van der Waals surface area contributed by atoms with E-state index in [1.165, 1.54) is 5.56 Å². The highest BCUT2D eigenvalue weighted by Gasteiger charge is 2.21. The highest BCUT2D eigenvalue weighted by Crippen LogP contribution is 2.14. The van der Waals surface area contributed by atoms with Crippen LogP contribution in [0.2, 0.25) is 0 Å². The summed E-state index contributed by atoms with van der Waals surface area (Å²) in [4.78, 5) is 20.6. The molecule has 1 fully saturated rings. The fourth-order valence-corrected chi connectivity index (χ4v) is 2.04. The van der Waals surface area contributed by atoms with Gasteiger partial charge in [-0.05, 0) is 24.6 Å². The number of carbonyl (C=O) groups excluding carboxylic acids is 1. The number of nitrogens with zero attached hydrogens (tertiary/aromatic N) is 3. The molecule has 0 bridgehead atoms. The fourth-order valence-electron chi connectivity index (χ4n) is 2.04. The molecule has 0 radical (unpaired) electrons. The molecule has 1 aliphatic rings. The number of hydrogen-bond donors (Lipinski definition) is 0. The predicted molar refractivity (Wildman–Crippen MR) is 71.7 cm³/mol. The molecule has 0 saturated carbocycles. The van der Waals surface area contributed by atoms with Crippen LogP contribution in [-0.2, 0) is 0 Å². The summed E-state index contributed by atoms with van der Waals surface area (Å²) in [5, 5.41) is 0. The Balaban J connectivity index is 2.04. The molecule has 1 aliphatic heterocycles. The molecular weight excluding hydrogens is 226 g/mol. The van der Waals surface area contributed by atoms with E-state index in [2.05, 4.69) is 30.8 Å². The predicted octanol–water partition coefficient (Wildman–Crippen LogP) is 1.59. The third-order valence-electron chi connectivity index (χ3n) is 3.46. The number of rotatable bonds is 2. The van der Waals surface area contributed by atoms with E-state index in [-0.39, 0.29) is 5.91 Å². The minimum absolute atomic E-state index is 0.0541. The molecule has 2 rings (SSSR count). The van der Waals surface area contributed by atoms with E-state index in [1.54, 1.807) is 0 Å². The average molecular weight is 247 g/mol. The SMILES string of the molecule is CC(C)c1ccc(C(=O)N2CCN(C)CC2)nc1. The van der Waals surface area contributed by atoms with E-state index in [0.717, 1.165) is 26.2 Å². The lowest BCUT2D eigenvalue weighted by molar-refractivity contribution is 0.0658. The van der Waals surface area contributed by atoms with Crippen molar-refractivity contribution in [2.75, 3.05) is 33.2 Å². The summed E-state index contributed by atoms with van der Waals surface area (Å²) in [6.45, 7) is 7.72. The maximum Gasteiger partial charge on any atom is 0.272 e. The van der Waals surface area contributed by atoms with Crippen molar-refractivity contribution in [3.63, 3.8) is 0 Å². The molecule has 1 aromatic heterocycles. The van der Waals surface area contributed by atoms with Gasteiger partial charge in [0.2, 0.25) is 0 Å². The Morgan fingerprint density at radius 3 is 2.39 bits per heavy atom. The quantitative estimate of drug-likeness (QED) is 0.796. The molecule has 2 heterocycles. The third-order valence-corrected chi connectivity index (χ3v) is 3.46. The van der Waals surface area contributed by atoms with E-state index >= 15 is 0 Å². The lowest BCUT2D eigenvalue weighted by Crippen LogP contribution is -2.47. The summed E-state index contributed by atoms with van der Waals surface area (Å²) in [7, 11) is 2.08. The number of hydrogen-bond acceptors (Lipinski definition) is 3. The van der Waals surface area contributed by atoms with Crippen molar-refractivity contribution in [3.05, 3.63) is 29.6 Å². The Labute approximate surface area is 109 Å². The molecule has 1 amide bonds. The van der Waals surface area contributed by atoms with Crippen LogP contribution in [0.5, 0.6) is 0 Å². The molecule has 0 aromatic carbocycles. The maximum absolute atomic E-state index is 12.2. The average Bonchev–Trinajstić information content (AvgIpc) is 2.39. The molecule has 4 nitrogen and oxygen atoms in total. The van der Waals surface area contributed by atoms with E-state index in [4.69, 9.17) is 0 Å². The van der Waals surface area contributed by atoms with Gasteiger partial charge in [-0.25, -0.2) is 0 Å². The maximum atomic E-state index is 12.2. The smallest absolute Gasteiger partial charge is 0.272 e. The molecule has 0 unspecified atom stereocenters. The van der Waals surface area contributed by atoms with Crippen molar-refractivity contribution in [2.24, 2.45) is 0 Å². The second kappa shape index (κ2) is 5.48. The molecule has 1 saturated heterocycles. The number of piperazine rings is 1. The standard InChI is InChI=1S/C14H21N3O/c1-11(2)12-4-5-13(15-10-12)14(18)17-8-6-16(3)7-9-17/h4-5,10-11H,6-9H2,1-3H3. The van der Waals surface area contributed by atoms with Gasteiger partial charge in [-0.2, -0.15) is 0 Å². The van der Waals surface area contributed by atoms with Crippen molar-refractivity contribution in [3.8, 4) is 0 Å². The van der Waals surface area contributed by atoms with Crippen LogP contribution < -0.4 is 0 Å². The molecule has 0 aliphatic carbocycles. The van der Waals surface area contributed by atoms with Gasteiger partial charge in [-0.3, -0.25) is 9.78 Å². The molecule has 18 heavy (non-hydrogen) atoms. The first-order chi connectivity index (χ1) is 8.58. The van der Waals surface area contributed by atoms with Crippen molar-refractivity contribution < 1.29 is 4.79 Å². The van der Waals surface area contributed by atoms with E-state index in [0.29, 0.717) is 11.6 Å². The van der Waals surface area contributed by atoms with Crippen LogP contribution in [0.25, 0.3) is 0 Å². The summed E-state index contributed by atoms with van der Waals surface area (Å²) >= 11 is 0. The molecular formula is C14H21N3O. The Morgan fingerprint density at radius 2 is 1.89 bits per heavy atom. The molecule has 98 valence electrons. The zero-order chi connectivity index (χ0) is 13.1. The van der Waals surface area contributed by atoms with Gasteiger partial charge in [0.05, 0.1) is 0 Å². The van der Waals surface area contributed by atoms with Gasteiger partial charge < -0.3 is 9.80 Å². The summed E-state index contributed by atoms with van der Waals surface area (Å²) in [5.74, 6) is 0.503.